The largest absolute Gasteiger partial charge is 0.466 e. The average Bonchev–Trinajstić information content (AvgIpc) is 3.04. The Hall–Kier alpha value is -2.89. The molecule has 0 rings (SSSR count). The quantitative estimate of drug-likeness (QED) is 0.0334. The summed E-state index contributed by atoms with van der Waals surface area (Å²) in [6.45, 7) is 5.03. The molecule has 0 aromatic carbocycles. The third-order valence-corrected chi connectivity index (χ3v) is 6.61. The molecular weight excluding hydrogens is 614 g/mol. The maximum Gasteiger partial charge on any atom is 0.305 e. The van der Waals surface area contributed by atoms with Gasteiger partial charge in [-0.25, -0.2) is 0 Å². The first-order valence-corrected chi connectivity index (χ1v) is 16.8. The zero-order valence-electron chi connectivity index (χ0n) is 28.4. The predicted molar refractivity (Wildman–Crippen MR) is 177 cm³/mol. The molecule has 0 fully saturated rings. The number of hydrogen-bond acceptors (Lipinski definition) is 12. The van der Waals surface area contributed by atoms with Crippen molar-refractivity contribution in [3.8, 4) is 0 Å². The third kappa shape index (κ3) is 26.8. The van der Waals surface area contributed by atoms with E-state index < -0.39 is 5.54 Å². The van der Waals surface area contributed by atoms with Gasteiger partial charge in [-0.3, -0.25) is 24.0 Å². The Morgan fingerprint density at radius 3 is 1.34 bits per heavy atom. The molecular formula is C31H61N7O9. The molecule has 16 nitrogen and oxygen atoms in total. The van der Waals surface area contributed by atoms with Gasteiger partial charge < -0.3 is 57.4 Å². The van der Waals surface area contributed by atoms with E-state index in [2.05, 4.69) is 21.3 Å². The van der Waals surface area contributed by atoms with Crippen molar-refractivity contribution < 1.29 is 42.9 Å². The molecule has 0 spiro atoms. The second kappa shape index (κ2) is 30.4. The monoisotopic (exact) mass is 675 g/mol. The number of hydrogen-bond donors (Lipinski definition) is 7. The van der Waals surface area contributed by atoms with Crippen LogP contribution in [0, 0.1) is 0 Å². The van der Waals surface area contributed by atoms with E-state index in [1.165, 1.54) is 0 Å². The summed E-state index contributed by atoms with van der Waals surface area (Å²) in [6, 6.07) is 0. The van der Waals surface area contributed by atoms with Crippen LogP contribution < -0.4 is 38.5 Å². The summed E-state index contributed by atoms with van der Waals surface area (Å²) in [5.74, 6) is -1.35. The van der Waals surface area contributed by atoms with E-state index >= 15 is 0 Å². The molecule has 0 aliphatic rings. The van der Waals surface area contributed by atoms with Crippen molar-refractivity contribution in [2.24, 2.45) is 17.2 Å². The third-order valence-electron chi connectivity index (χ3n) is 6.61. The predicted octanol–water partition coefficient (Wildman–Crippen LogP) is -1.03. The molecule has 0 unspecified atom stereocenters. The molecule has 0 saturated heterocycles. The van der Waals surface area contributed by atoms with Gasteiger partial charge in [0.2, 0.25) is 23.6 Å². The number of unbranched alkanes of at least 4 members (excludes halogenated alkanes) is 1. The number of ether oxygens (including phenoxy) is 4. The minimum atomic E-state index is -1.22. The lowest BCUT2D eigenvalue weighted by molar-refractivity contribution is -0.144. The van der Waals surface area contributed by atoms with E-state index in [4.69, 9.17) is 36.1 Å². The molecule has 47 heavy (non-hydrogen) atoms. The minimum absolute atomic E-state index is 0.0290. The van der Waals surface area contributed by atoms with E-state index in [1.807, 2.05) is 6.92 Å². The molecule has 0 atom stereocenters. The Labute approximate surface area is 279 Å². The van der Waals surface area contributed by atoms with Crippen LogP contribution in [-0.2, 0) is 42.9 Å². The molecule has 0 aliphatic carbocycles. The fourth-order valence-electron chi connectivity index (χ4n) is 3.94. The van der Waals surface area contributed by atoms with Crippen LogP contribution in [0.5, 0.6) is 0 Å². The van der Waals surface area contributed by atoms with Gasteiger partial charge in [0.25, 0.3) is 0 Å². The van der Waals surface area contributed by atoms with Crippen molar-refractivity contribution in [3.63, 3.8) is 0 Å². The van der Waals surface area contributed by atoms with Gasteiger partial charge in [0.05, 0.1) is 46.2 Å². The number of carbonyl (C=O) groups is 5. The molecule has 16 heteroatoms. The Bertz CT molecular complexity index is 791. The molecule has 274 valence electrons. The SMILES string of the molecule is CCCCOC(=O)CCCC(=O)NC(COCCC(=O)NCCCN)(COCCC(=O)NCCCN)COCCC(=O)NCCCN. The summed E-state index contributed by atoms with van der Waals surface area (Å²) in [7, 11) is 0. The van der Waals surface area contributed by atoms with Gasteiger partial charge in [0, 0.05) is 51.7 Å². The van der Waals surface area contributed by atoms with Crippen LogP contribution in [0.1, 0.15) is 77.6 Å². The van der Waals surface area contributed by atoms with Crippen molar-refractivity contribution in [3.05, 3.63) is 0 Å². The number of rotatable bonds is 32. The van der Waals surface area contributed by atoms with Crippen LogP contribution in [0.3, 0.4) is 0 Å². The van der Waals surface area contributed by atoms with Crippen LogP contribution in [0.2, 0.25) is 0 Å². The van der Waals surface area contributed by atoms with Crippen LogP contribution >= 0.6 is 0 Å². The molecule has 10 N–H and O–H groups in total. The molecule has 0 bridgehead atoms. The zero-order chi connectivity index (χ0) is 35.0. The van der Waals surface area contributed by atoms with Crippen molar-refractivity contribution >= 4 is 29.6 Å². The Morgan fingerprint density at radius 1 is 0.532 bits per heavy atom. The van der Waals surface area contributed by atoms with E-state index in [0.29, 0.717) is 65.1 Å². The molecule has 0 aliphatic heterocycles. The Kier molecular flexibility index (Phi) is 28.6. The van der Waals surface area contributed by atoms with Gasteiger partial charge in [0.15, 0.2) is 0 Å². The number of nitrogens with two attached hydrogens (primary N) is 3. The molecule has 0 aromatic heterocycles. The van der Waals surface area contributed by atoms with Crippen molar-refractivity contribution in [1.29, 1.82) is 0 Å². The topological polar surface area (TPSA) is 248 Å². The number of carbonyl (C=O) groups excluding carboxylic acids is 5. The lowest BCUT2D eigenvalue weighted by atomic mass is 10.0. The molecule has 0 radical (unpaired) electrons. The van der Waals surface area contributed by atoms with E-state index in [9.17, 15) is 24.0 Å². The Morgan fingerprint density at radius 2 is 0.957 bits per heavy atom. The van der Waals surface area contributed by atoms with Gasteiger partial charge in [0.1, 0.15) is 5.54 Å². The normalized spacial score (nSPS) is 11.1. The first-order chi connectivity index (χ1) is 22.7. The second-order valence-electron chi connectivity index (χ2n) is 11.1. The molecule has 0 saturated carbocycles. The summed E-state index contributed by atoms with van der Waals surface area (Å²) in [6.07, 6.45) is 4.29. The smallest absolute Gasteiger partial charge is 0.305 e. The lowest BCUT2D eigenvalue weighted by Gasteiger charge is -2.34. The summed E-state index contributed by atoms with van der Waals surface area (Å²) in [5, 5.41) is 11.2. The summed E-state index contributed by atoms with van der Waals surface area (Å²) < 4.78 is 22.7. The average molecular weight is 676 g/mol. The zero-order valence-corrected chi connectivity index (χ0v) is 28.4. The van der Waals surface area contributed by atoms with Gasteiger partial charge >= 0.3 is 5.97 Å². The van der Waals surface area contributed by atoms with Gasteiger partial charge in [-0.15, -0.1) is 0 Å². The molecule has 0 aromatic rings. The lowest BCUT2D eigenvalue weighted by Crippen LogP contribution is -2.58. The number of esters is 1. The van der Waals surface area contributed by atoms with Crippen molar-refractivity contribution in [2.45, 2.75) is 83.1 Å². The maximum absolute atomic E-state index is 13.1. The van der Waals surface area contributed by atoms with Gasteiger partial charge in [-0.05, 0) is 51.7 Å². The molecule has 4 amide bonds. The van der Waals surface area contributed by atoms with Crippen LogP contribution in [0.25, 0.3) is 0 Å². The molecule has 0 heterocycles. The first-order valence-electron chi connectivity index (χ1n) is 16.8. The maximum atomic E-state index is 13.1. The Balaban J connectivity index is 5.45. The fraction of sp³-hybridized carbons (Fsp3) is 0.839. The highest BCUT2D eigenvalue weighted by atomic mass is 16.5. The fourth-order valence-corrected chi connectivity index (χ4v) is 3.94. The summed E-state index contributed by atoms with van der Waals surface area (Å²) in [5.41, 5.74) is 15.2. The summed E-state index contributed by atoms with van der Waals surface area (Å²) in [4.78, 5) is 61.5. The number of nitrogens with one attached hydrogen (secondary N) is 4. The highest BCUT2D eigenvalue weighted by Gasteiger charge is 2.34. The van der Waals surface area contributed by atoms with E-state index in [0.717, 1.165) is 12.8 Å². The second-order valence-corrected chi connectivity index (χ2v) is 11.1. The number of amides is 4. The van der Waals surface area contributed by atoms with E-state index in [-0.39, 0.29) is 108 Å². The summed E-state index contributed by atoms with van der Waals surface area (Å²) >= 11 is 0. The van der Waals surface area contributed by atoms with Crippen LogP contribution in [-0.4, -0.2) is 121 Å². The van der Waals surface area contributed by atoms with Crippen molar-refractivity contribution in [2.75, 3.05) is 85.5 Å². The van der Waals surface area contributed by atoms with Gasteiger partial charge in [-0.2, -0.15) is 0 Å². The van der Waals surface area contributed by atoms with Crippen LogP contribution in [0.4, 0.5) is 0 Å². The highest BCUT2D eigenvalue weighted by Crippen LogP contribution is 2.12. The highest BCUT2D eigenvalue weighted by molar-refractivity contribution is 5.78. The van der Waals surface area contributed by atoms with Crippen LogP contribution in [0.15, 0.2) is 0 Å². The standard InChI is InChI=1S/C31H61N7O9/c1-2-3-19-47-30(43)9-4-8-29(42)38-31(23-44-20-10-26(39)35-16-5-13-32,24-45-21-11-27(40)36-17-6-14-33)25-46-22-12-28(41)37-18-7-15-34/h2-25,32-34H2,1H3,(H,35,39)(H,36,40)(H,37,41)(H,38,42). The minimum Gasteiger partial charge on any atom is -0.466 e. The van der Waals surface area contributed by atoms with Gasteiger partial charge in [-0.1, -0.05) is 13.3 Å². The first kappa shape index (κ1) is 44.1. The van der Waals surface area contributed by atoms with E-state index in [1.54, 1.807) is 0 Å². The van der Waals surface area contributed by atoms with Crippen molar-refractivity contribution in [1.82, 2.24) is 21.3 Å².